The lowest BCUT2D eigenvalue weighted by atomic mass is 10.2. The molecule has 0 atom stereocenters. The third-order valence-corrected chi connectivity index (χ3v) is 4.27. The van der Waals surface area contributed by atoms with Gasteiger partial charge in [-0.05, 0) is 59.3 Å². The first-order valence-electron chi connectivity index (χ1n) is 6.36. The molecule has 18 heavy (non-hydrogen) atoms. The first-order chi connectivity index (χ1) is 8.61. The fraction of sp³-hybridized carbons (Fsp3) is 0.500. The second-order valence-electron chi connectivity index (χ2n) is 4.82. The SMILES string of the molecule is CCCN(CC1CC1)C(=O)c1ccc(Br)cc1Br. The number of carbonyl (C=O) groups excluding carboxylic acids is 1. The van der Waals surface area contributed by atoms with E-state index in [1.54, 1.807) is 0 Å². The standard InChI is InChI=1S/C14H17Br2NO/c1-2-7-17(9-10-3-4-10)14(18)12-6-5-11(15)8-13(12)16/h5-6,8,10H,2-4,7,9H2,1H3. The Bertz CT molecular complexity index is 443. The van der Waals surface area contributed by atoms with Crippen LogP contribution in [0.4, 0.5) is 0 Å². The van der Waals surface area contributed by atoms with E-state index in [0.29, 0.717) is 0 Å². The number of halogens is 2. The highest BCUT2D eigenvalue weighted by molar-refractivity contribution is 9.11. The smallest absolute Gasteiger partial charge is 0.255 e. The van der Waals surface area contributed by atoms with Gasteiger partial charge in [-0.2, -0.15) is 0 Å². The van der Waals surface area contributed by atoms with Crippen molar-refractivity contribution < 1.29 is 4.79 Å². The molecule has 2 rings (SSSR count). The zero-order valence-electron chi connectivity index (χ0n) is 10.5. The molecule has 0 heterocycles. The van der Waals surface area contributed by atoms with E-state index in [9.17, 15) is 4.79 Å². The monoisotopic (exact) mass is 373 g/mol. The van der Waals surface area contributed by atoms with E-state index in [1.807, 2.05) is 23.1 Å². The van der Waals surface area contributed by atoms with Crippen molar-refractivity contribution in [1.29, 1.82) is 0 Å². The molecule has 0 spiro atoms. The van der Waals surface area contributed by atoms with E-state index >= 15 is 0 Å². The molecule has 1 aliphatic carbocycles. The predicted octanol–water partition coefficient (Wildman–Crippen LogP) is 4.47. The maximum Gasteiger partial charge on any atom is 0.255 e. The van der Waals surface area contributed by atoms with Gasteiger partial charge in [0.1, 0.15) is 0 Å². The Morgan fingerprint density at radius 3 is 2.67 bits per heavy atom. The molecular weight excluding hydrogens is 358 g/mol. The van der Waals surface area contributed by atoms with E-state index in [2.05, 4.69) is 38.8 Å². The molecule has 0 unspecified atom stereocenters. The highest BCUT2D eigenvalue weighted by Crippen LogP contribution is 2.31. The number of benzene rings is 1. The van der Waals surface area contributed by atoms with Crippen LogP contribution in [0.3, 0.4) is 0 Å². The summed E-state index contributed by atoms with van der Waals surface area (Å²) in [5, 5.41) is 0. The van der Waals surface area contributed by atoms with Crippen molar-refractivity contribution in [2.45, 2.75) is 26.2 Å². The van der Waals surface area contributed by atoms with Gasteiger partial charge in [0.25, 0.3) is 5.91 Å². The fourth-order valence-corrected chi connectivity index (χ4v) is 3.21. The summed E-state index contributed by atoms with van der Waals surface area (Å²) in [6.07, 6.45) is 3.55. The molecule has 0 radical (unpaired) electrons. The van der Waals surface area contributed by atoms with Crippen LogP contribution in [0, 0.1) is 5.92 Å². The van der Waals surface area contributed by atoms with Gasteiger partial charge in [-0.1, -0.05) is 22.9 Å². The highest BCUT2D eigenvalue weighted by atomic mass is 79.9. The van der Waals surface area contributed by atoms with Crippen molar-refractivity contribution in [2.24, 2.45) is 5.92 Å². The minimum Gasteiger partial charge on any atom is -0.338 e. The van der Waals surface area contributed by atoms with Gasteiger partial charge in [0.15, 0.2) is 0 Å². The van der Waals surface area contributed by atoms with E-state index in [4.69, 9.17) is 0 Å². The van der Waals surface area contributed by atoms with Gasteiger partial charge >= 0.3 is 0 Å². The molecule has 0 saturated heterocycles. The third kappa shape index (κ3) is 3.58. The normalized spacial score (nSPS) is 14.6. The summed E-state index contributed by atoms with van der Waals surface area (Å²) in [7, 11) is 0. The molecule has 1 aliphatic rings. The van der Waals surface area contributed by atoms with Gasteiger partial charge in [-0.25, -0.2) is 0 Å². The van der Waals surface area contributed by atoms with Gasteiger partial charge in [0.2, 0.25) is 0 Å². The van der Waals surface area contributed by atoms with Gasteiger partial charge in [0, 0.05) is 22.0 Å². The summed E-state index contributed by atoms with van der Waals surface area (Å²) in [5.41, 5.74) is 0.757. The Kier molecular flexibility index (Phi) is 4.84. The molecule has 1 amide bonds. The zero-order chi connectivity index (χ0) is 13.1. The summed E-state index contributed by atoms with van der Waals surface area (Å²) in [5.74, 6) is 0.873. The molecule has 4 heteroatoms. The largest absolute Gasteiger partial charge is 0.338 e. The number of hydrogen-bond acceptors (Lipinski definition) is 1. The van der Waals surface area contributed by atoms with Crippen LogP contribution in [0.5, 0.6) is 0 Å². The molecule has 1 saturated carbocycles. The second-order valence-corrected chi connectivity index (χ2v) is 6.59. The lowest BCUT2D eigenvalue weighted by Gasteiger charge is -2.22. The summed E-state index contributed by atoms with van der Waals surface area (Å²) < 4.78 is 1.84. The number of hydrogen-bond donors (Lipinski definition) is 0. The molecule has 0 aliphatic heterocycles. The molecule has 0 bridgehead atoms. The summed E-state index contributed by atoms with van der Waals surface area (Å²) in [6.45, 7) is 3.87. The van der Waals surface area contributed by atoms with Crippen molar-refractivity contribution in [3.05, 3.63) is 32.7 Å². The van der Waals surface area contributed by atoms with Crippen LogP contribution in [0.15, 0.2) is 27.1 Å². The van der Waals surface area contributed by atoms with Crippen LogP contribution in [0.25, 0.3) is 0 Å². The first kappa shape index (κ1) is 14.1. The molecule has 1 aromatic carbocycles. The van der Waals surface area contributed by atoms with Crippen LogP contribution in [0.2, 0.25) is 0 Å². The Hall–Kier alpha value is -0.350. The van der Waals surface area contributed by atoms with Gasteiger partial charge in [0.05, 0.1) is 5.56 Å². The van der Waals surface area contributed by atoms with E-state index in [1.165, 1.54) is 12.8 Å². The quantitative estimate of drug-likeness (QED) is 0.744. The molecule has 0 N–H and O–H groups in total. The summed E-state index contributed by atoms with van der Waals surface area (Å²) in [6, 6.07) is 5.72. The third-order valence-electron chi connectivity index (χ3n) is 3.12. The second kappa shape index (κ2) is 6.20. The van der Waals surface area contributed by atoms with Crippen molar-refractivity contribution in [3.8, 4) is 0 Å². The Morgan fingerprint density at radius 2 is 2.11 bits per heavy atom. The van der Waals surface area contributed by atoms with Gasteiger partial charge in [-0.3, -0.25) is 4.79 Å². The Labute approximate surface area is 125 Å². The number of carbonyl (C=O) groups is 1. The lowest BCUT2D eigenvalue weighted by molar-refractivity contribution is 0.0747. The molecule has 1 aromatic rings. The van der Waals surface area contributed by atoms with Crippen molar-refractivity contribution >= 4 is 37.8 Å². The average molecular weight is 375 g/mol. The number of nitrogens with zero attached hydrogens (tertiary/aromatic N) is 1. The molecule has 0 aromatic heterocycles. The predicted molar refractivity (Wildman–Crippen MR) is 80.8 cm³/mol. The number of amides is 1. The van der Waals surface area contributed by atoms with Crippen LogP contribution >= 0.6 is 31.9 Å². The number of rotatable bonds is 5. The molecular formula is C14H17Br2NO. The minimum absolute atomic E-state index is 0.142. The van der Waals surface area contributed by atoms with Crippen LogP contribution < -0.4 is 0 Å². The Morgan fingerprint density at radius 1 is 1.39 bits per heavy atom. The van der Waals surface area contributed by atoms with Crippen molar-refractivity contribution in [1.82, 2.24) is 4.90 Å². The first-order valence-corrected chi connectivity index (χ1v) is 7.94. The van der Waals surface area contributed by atoms with E-state index in [0.717, 1.165) is 39.9 Å². The fourth-order valence-electron chi connectivity index (χ4n) is 1.99. The molecule has 98 valence electrons. The minimum atomic E-state index is 0.142. The summed E-state index contributed by atoms with van der Waals surface area (Å²) in [4.78, 5) is 14.5. The van der Waals surface area contributed by atoms with Crippen molar-refractivity contribution in [3.63, 3.8) is 0 Å². The van der Waals surface area contributed by atoms with Crippen LogP contribution in [-0.4, -0.2) is 23.9 Å². The highest BCUT2D eigenvalue weighted by Gasteiger charge is 2.27. The van der Waals surface area contributed by atoms with E-state index in [-0.39, 0.29) is 5.91 Å². The van der Waals surface area contributed by atoms with Crippen LogP contribution in [0.1, 0.15) is 36.5 Å². The maximum atomic E-state index is 12.5. The average Bonchev–Trinajstić information content (AvgIpc) is 3.11. The Balaban J connectivity index is 2.15. The lowest BCUT2D eigenvalue weighted by Crippen LogP contribution is -2.33. The molecule has 2 nitrogen and oxygen atoms in total. The van der Waals surface area contributed by atoms with Crippen LogP contribution in [-0.2, 0) is 0 Å². The molecule has 1 fully saturated rings. The maximum absolute atomic E-state index is 12.5. The van der Waals surface area contributed by atoms with Gasteiger partial charge < -0.3 is 4.90 Å². The van der Waals surface area contributed by atoms with E-state index < -0.39 is 0 Å². The van der Waals surface area contributed by atoms with Gasteiger partial charge in [-0.15, -0.1) is 0 Å². The zero-order valence-corrected chi connectivity index (χ0v) is 13.6. The van der Waals surface area contributed by atoms with Crippen molar-refractivity contribution in [2.75, 3.05) is 13.1 Å². The topological polar surface area (TPSA) is 20.3 Å². The summed E-state index contributed by atoms with van der Waals surface area (Å²) >= 11 is 6.88.